The van der Waals surface area contributed by atoms with Crippen LogP contribution >= 0.6 is 0 Å². The predicted octanol–water partition coefficient (Wildman–Crippen LogP) is 0.665. The third kappa shape index (κ3) is 5.66. The van der Waals surface area contributed by atoms with Crippen molar-refractivity contribution in [2.24, 2.45) is 7.05 Å². The first kappa shape index (κ1) is 19.1. The zero-order valence-electron chi connectivity index (χ0n) is 14.2. The molecule has 0 radical (unpaired) electrons. The summed E-state index contributed by atoms with van der Waals surface area (Å²) in [4.78, 5) is 12.1. The minimum atomic E-state index is -3.72. The van der Waals surface area contributed by atoms with E-state index in [-0.39, 0.29) is 17.3 Å². The van der Waals surface area contributed by atoms with Gasteiger partial charge in [-0.25, -0.2) is 13.1 Å². The van der Waals surface area contributed by atoms with Crippen LogP contribution in [0, 0.1) is 0 Å². The van der Waals surface area contributed by atoms with Crippen LogP contribution in [0.5, 0.6) is 0 Å². The monoisotopic (exact) mass is 366 g/mol. The molecule has 136 valence electrons. The van der Waals surface area contributed by atoms with Crippen LogP contribution in [0.25, 0.3) is 0 Å². The lowest BCUT2D eigenvalue weighted by Crippen LogP contribution is -2.26. The van der Waals surface area contributed by atoms with E-state index in [1.54, 1.807) is 43.4 Å². The van der Waals surface area contributed by atoms with E-state index in [0.29, 0.717) is 25.1 Å². The molecule has 2 rings (SSSR count). The Bertz CT molecular complexity index is 817. The van der Waals surface area contributed by atoms with Crippen LogP contribution in [-0.4, -0.2) is 44.4 Å². The maximum Gasteiger partial charge on any atom is 0.251 e. The Morgan fingerprint density at radius 3 is 2.84 bits per heavy atom. The minimum Gasteiger partial charge on any atom is -0.385 e. The molecule has 0 unspecified atom stereocenters. The smallest absolute Gasteiger partial charge is 0.251 e. The standard InChI is InChI=1S/C16H22N4O4S/c1-20-12-13(10-18-20)11-19-25(22,23)15-6-3-5-14(9-15)16(21)17-7-4-8-24-2/h3,5-6,9-10,12,19H,4,7-8,11H2,1-2H3,(H,17,21). The van der Waals surface area contributed by atoms with Crippen LogP contribution in [0.2, 0.25) is 0 Å². The molecule has 0 aliphatic rings. The van der Waals surface area contributed by atoms with Crippen LogP contribution in [0.1, 0.15) is 22.3 Å². The van der Waals surface area contributed by atoms with Crippen molar-refractivity contribution in [3.05, 3.63) is 47.8 Å². The van der Waals surface area contributed by atoms with Crippen molar-refractivity contribution < 1.29 is 17.9 Å². The molecule has 2 aromatic rings. The Kier molecular flexibility index (Phi) is 6.68. The second-order valence-corrected chi connectivity index (χ2v) is 7.24. The van der Waals surface area contributed by atoms with Crippen LogP contribution in [-0.2, 0) is 28.4 Å². The molecule has 0 atom stereocenters. The van der Waals surface area contributed by atoms with E-state index >= 15 is 0 Å². The maximum atomic E-state index is 12.4. The Morgan fingerprint density at radius 1 is 1.36 bits per heavy atom. The molecule has 0 spiro atoms. The second kappa shape index (κ2) is 8.75. The first-order valence-corrected chi connectivity index (χ1v) is 9.25. The molecule has 25 heavy (non-hydrogen) atoms. The number of ether oxygens (including phenoxy) is 1. The van der Waals surface area contributed by atoms with Gasteiger partial charge in [0.2, 0.25) is 10.0 Å². The summed E-state index contributed by atoms with van der Waals surface area (Å²) in [5.74, 6) is -0.319. The van der Waals surface area contributed by atoms with E-state index in [1.807, 2.05) is 0 Å². The first-order chi connectivity index (χ1) is 11.9. The Hall–Kier alpha value is -2.23. The number of nitrogens with one attached hydrogen (secondary N) is 2. The second-order valence-electron chi connectivity index (χ2n) is 5.48. The van der Waals surface area contributed by atoms with E-state index in [1.165, 1.54) is 12.1 Å². The summed E-state index contributed by atoms with van der Waals surface area (Å²) >= 11 is 0. The number of benzene rings is 1. The summed E-state index contributed by atoms with van der Waals surface area (Å²) in [5.41, 5.74) is 1.04. The van der Waals surface area contributed by atoms with Gasteiger partial charge in [-0.15, -0.1) is 0 Å². The normalized spacial score (nSPS) is 11.4. The van der Waals surface area contributed by atoms with Crippen molar-refractivity contribution in [1.29, 1.82) is 0 Å². The third-order valence-electron chi connectivity index (χ3n) is 3.44. The lowest BCUT2D eigenvalue weighted by atomic mass is 10.2. The highest BCUT2D eigenvalue weighted by atomic mass is 32.2. The van der Waals surface area contributed by atoms with Crippen molar-refractivity contribution in [1.82, 2.24) is 19.8 Å². The summed E-state index contributed by atoms with van der Waals surface area (Å²) in [6.45, 7) is 1.14. The summed E-state index contributed by atoms with van der Waals surface area (Å²) in [6.07, 6.45) is 4.01. The quantitative estimate of drug-likeness (QED) is 0.635. The van der Waals surface area contributed by atoms with Gasteiger partial charge >= 0.3 is 0 Å². The SMILES string of the molecule is COCCCNC(=O)c1cccc(S(=O)(=O)NCc2cnn(C)c2)c1. The number of carbonyl (C=O) groups excluding carboxylic acids is 1. The van der Waals surface area contributed by atoms with Crippen LogP contribution < -0.4 is 10.0 Å². The zero-order chi connectivity index (χ0) is 18.3. The van der Waals surface area contributed by atoms with Crippen LogP contribution in [0.3, 0.4) is 0 Å². The Labute approximate surface area is 147 Å². The largest absolute Gasteiger partial charge is 0.385 e. The summed E-state index contributed by atoms with van der Waals surface area (Å²) in [5, 5.41) is 6.72. The molecule has 8 nitrogen and oxygen atoms in total. The van der Waals surface area contributed by atoms with Gasteiger partial charge in [-0.3, -0.25) is 9.48 Å². The fourth-order valence-electron chi connectivity index (χ4n) is 2.15. The molecule has 0 saturated heterocycles. The maximum absolute atomic E-state index is 12.4. The first-order valence-electron chi connectivity index (χ1n) is 7.77. The number of methoxy groups -OCH3 is 1. The third-order valence-corrected chi connectivity index (χ3v) is 4.84. The molecule has 1 heterocycles. The van der Waals surface area contributed by atoms with Gasteiger partial charge in [0.25, 0.3) is 5.91 Å². The Balaban J connectivity index is 2.02. The number of hydrogen-bond acceptors (Lipinski definition) is 5. The van der Waals surface area contributed by atoms with E-state index in [4.69, 9.17) is 4.74 Å². The van der Waals surface area contributed by atoms with E-state index < -0.39 is 10.0 Å². The van der Waals surface area contributed by atoms with E-state index in [2.05, 4.69) is 15.1 Å². The molecule has 9 heteroatoms. The van der Waals surface area contributed by atoms with Crippen molar-refractivity contribution in [3.8, 4) is 0 Å². The average Bonchev–Trinajstić information content (AvgIpc) is 3.02. The minimum absolute atomic E-state index is 0.0425. The van der Waals surface area contributed by atoms with Crippen molar-refractivity contribution in [2.75, 3.05) is 20.3 Å². The molecule has 0 aliphatic carbocycles. The molecule has 2 N–H and O–H groups in total. The number of sulfonamides is 1. The number of amides is 1. The fourth-order valence-corrected chi connectivity index (χ4v) is 3.21. The summed E-state index contributed by atoms with van der Waals surface area (Å²) in [6, 6.07) is 5.93. The molecule has 0 saturated carbocycles. The molecule has 0 bridgehead atoms. The molecule has 0 fully saturated rings. The van der Waals surface area contributed by atoms with Gasteiger partial charge in [-0.05, 0) is 24.6 Å². The van der Waals surface area contributed by atoms with Crippen LogP contribution in [0.4, 0.5) is 0 Å². The van der Waals surface area contributed by atoms with E-state index in [9.17, 15) is 13.2 Å². The number of carbonyl (C=O) groups is 1. The van der Waals surface area contributed by atoms with Gasteiger partial charge in [-0.1, -0.05) is 6.07 Å². The fraction of sp³-hybridized carbons (Fsp3) is 0.375. The summed E-state index contributed by atoms with van der Waals surface area (Å²) < 4.78 is 33.8. The van der Waals surface area contributed by atoms with Gasteiger partial charge < -0.3 is 10.1 Å². The molecule has 0 aliphatic heterocycles. The molecule has 1 amide bonds. The number of hydrogen-bond donors (Lipinski definition) is 2. The molecule has 1 aromatic heterocycles. The van der Waals surface area contributed by atoms with Crippen molar-refractivity contribution >= 4 is 15.9 Å². The molecular weight excluding hydrogens is 344 g/mol. The van der Waals surface area contributed by atoms with E-state index in [0.717, 1.165) is 5.56 Å². The lowest BCUT2D eigenvalue weighted by Gasteiger charge is -2.08. The van der Waals surface area contributed by atoms with Crippen LogP contribution in [0.15, 0.2) is 41.6 Å². The van der Waals surface area contributed by atoms with Gasteiger partial charge in [0, 0.05) is 51.2 Å². The molecule has 1 aromatic carbocycles. The summed E-state index contributed by atoms with van der Waals surface area (Å²) in [7, 11) is -0.373. The van der Waals surface area contributed by atoms with Gasteiger partial charge in [-0.2, -0.15) is 5.10 Å². The van der Waals surface area contributed by atoms with Gasteiger partial charge in [0.1, 0.15) is 0 Å². The molecular formula is C16H22N4O4S. The van der Waals surface area contributed by atoms with Crippen molar-refractivity contribution in [3.63, 3.8) is 0 Å². The highest BCUT2D eigenvalue weighted by Crippen LogP contribution is 2.12. The topological polar surface area (TPSA) is 102 Å². The van der Waals surface area contributed by atoms with Gasteiger partial charge in [0.05, 0.1) is 11.1 Å². The predicted molar refractivity (Wildman–Crippen MR) is 92.5 cm³/mol. The number of aromatic nitrogens is 2. The lowest BCUT2D eigenvalue weighted by molar-refractivity contribution is 0.0948. The average molecular weight is 366 g/mol. The number of nitrogens with zero attached hydrogens (tertiary/aromatic N) is 2. The number of rotatable bonds is 9. The van der Waals surface area contributed by atoms with Crippen molar-refractivity contribution in [2.45, 2.75) is 17.9 Å². The number of aryl methyl sites for hydroxylation is 1. The van der Waals surface area contributed by atoms with Gasteiger partial charge in [0.15, 0.2) is 0 Å². The Morgan fingerprint density at radius 2 is 2.16 bits per heavy atom. The zero-order valence-corrected chi connectivity index (χ0v) is 15.0. The highest BCUT2D eigenvalue weighted by Gasteiger charge is 2.16. The highest BCUT2D eigenvalue weighted by molar-refractivity contribution is 7.89.